The molecule has 3 heteroatoms. The summed E-state index contributed by atoms with van der Waals surface area (Å²) in [5.74, 6) is 0.798. The quantitative estimate of drug-likeness (QED) is 0.518. The average molecular weight is 183 g/mol. The molecule has 1 unspecified atom stereocenters. The molecule has 1 N–H and O–H groups in total. The largest absolute Gasteiger partial charge is 0.358 e. The summed E-state index contributed by atoms with van der Waals surface area (Å²) in [6, 6.07) is 0.639. The van der Waals surface area contributed by atoms with Crippen molar-refractivity contribution in [2.45, 2.75) is 32.7 Å². The van der Waals surface area contributed by atoms with Gasteiger partial charge in [-0.25, -0.2) is 0 Å². The molecule has 1 rings (SSSR count). The maximum absolute atomic E-state index is 7.77. The Morgan fingerprint density at radius 1 is 1.38 bits per heavy atom. The number of hydrogen-bond donors (Lipinski definition) is 1. The van der Waals surface area contributed by atoms with Crippen LogP contribution < -0.4 is 0 Å². The first-order valence-electron chi connectivity index (χ1n) is 5.21. The molecule has 0 bridgehead atoms. The summed E-state index contributed by atoms with van der Waals surface area (Å²) >= 11 is 0. The SMILES string of the molecule is CCC(=N)N1CCN(C)C(CC)C1. The van der Waals surface area contributed by atoms with E-state index < -0.39 is 0 Å². The normalized spacial score (nSPS) is 24.8. The molecule has 0 aromatic rings. The van der Waals surface area contributed by atoms with E-state index in [2.05, 4.69) is 30.7 Å². The molecule has 0 aromatic heterocycles. The van der Waals surface area contributed by atoms with Gasteiger partial charge in [-0.05, 0) is 13.5 Å². The molecule has 0 aromatic carbocycles. The summed E-state index contributed by atoms with van der Waals surface area (Å²) in [7, 11) is 2.18. The van der Waals surface area contributed by atoms with E-state index in [9.17, 15) is 0 Å². The second-order valence-electron chi connectivity index (χ2n) is 3.79. The third kappa shape index (κ3) is 2.44. The van der Waals surface area contributed by atoms with Crippen LogP contribution >= 0.6 is 0 Å². The van der Waals surface area contributed by atoms with E-state index in [4.69, 9.17) is 5.41 Å². The highest BCUT2D eigenvalue weighted by Crippen LogP contribution is 2.11. The van der Waals surface area contributed by atoms with Gasteiger partial charge in [0, 0.05) is 32.1 Å². The van der Waals surface area contributed by atoms with Crippen molar-refractivity contribution in [2.75, 3.05) is 26.7 Å². The van der Waals surface area contributed by atoms with Gasteiger partial charge in [-0.15, -0.1) is 0 Å². The van der Waals surface area contributed by atoms with Gasteiger partial charge < -0.3 is 4.90 Å². The van der Waals surface area contributed by atoms with Crippen molar-refractivity contribution >= 4 is 5.84 Å². The first kappa shape index (κ1) is 10.5. The second-order valence-corrected chi connectivity index (χ2v) is 3.79. The standard InChI is InChI=1S/C10H21N3/c1-4-9-8-13(10(11)5-2)7-6-12(9)3/h9,11H,4-8H2,1-3H3. The second kappa shape index (κ2) is 4.61. The minimum absolute atomic E-state index is 0.639. The third-order valence-electron chi connectivity index (χ3n) is 2.96. The maximum Gasteiger partial charge on any atom is 0.0955 e. The van der Waals surface area contributed by atoms with E-state index >= 15 is 0 Å². The Bertz CT molecular complexity index is 179. The van der Waals surface area contributed by atoms with E-state index in [0.29, 0.717) is 6.04 Å². The molecular formula is C10H21N3. The van der Waals surface area contributed by atoms with Gasteiger partial charge in [-0.2, -0.15) is 0 Å². The van der Waals surface area contributed by atoms with E-state index in [1.54, 1.807) is 0 Å². The van der Waals surface area contributed by atoms with Crippen molar-refractivity contribution in [2.24, 2.45) is 0 Å². The highest BCUT2D eigenvalue weighted by Gasteiger charge is 2.23. The average Bonchev–Trinajstić information content (AvgIpc) is 2.17. The van der Waals surface area contributed by atoms with Crippen LogP contribution in [0.4, 0.5) is 0 Å². The summed E-state index contributed by atoms with van der Waals surface area (Å²) in [5.41, 5.74) is 0. The smallest absolute Gasteiger partial charge is 0.0955 e. The van der Waals surface area contributed by atoms with Crippen LogP contribution in [0.15, 0.2) is 0 Å². The molecular weight excluding hydrogens is 162 g/mol. The lowest BCUT2D eigenvalue weighted by atomic mass is 10.1. The molecule has 13 heavy (non-hydrogen) atoms. The van der Waals surface area contributed by atoms with Crippen molar-refractivity contribution in [3.8, 4) is 0 Å². The van der Waals surface area contributed by atoms with Gasteiger partial charge >= 0.3 is 0 Å². The van der Waals surface area contributed by atoms with Crippen molar-refractivity contribution in [1.82, 2.24) is 9.80 Å². The highest BCUT2D eigenvalue weighted by atomic mass is 15.3. The molecule has 1 saturated heterocycles. The van der Waals surface area contributed by atoms with E-state index in [1.807, 2.05) is 0 Å². The zero-order chi connectivity index (χ0) is 9.84. The summed E-state index contributed by atoms with van der Waals surface area (Å²) in [5, 5.41) is 7.77. The van der Waals surface area contributed by atoms with Gasteiger partial charge in [-0.1, -0.05) is 13.8 Å². The molecule has 1 heterocycles. The molecule has 1 fully saturated rings. The molecule has 76 valence electrons. The number of likely N-dealkylation sites (N-methyl/N-ethyl adjacent to an activating group) is 1. The molecule has 0 spiro atoms. The van der Waals surface area contributed by atoms with Crippen LogP contribution in [0, 0.1) is 5.41 Å². The zero-order valence-electron chi connectivity index (χ0n) is 9.01. The summed E-state index contributed by atoms with van der Waals surface area (Å²) < 4.78 is 0. The molecule has 1 atom stereocenters. The van der Waals surface area contributed by atoms with E-state index in [-0.39, 0.29) is 0 Å². The van der Waals surface area contributed by atoms with Crippen LogP contribution in [0.3, 0.4) is 0 Å². The van der Waals surface area contributed by atoms with Gasteiger partial charge in [0.15, 0.2) is 0 Å². The Kier molecular flexibility index (Phi) is 3.72. The predicted octanol–water partition coefficient (Wildman–Crippen LogP) is 1.40. The van der Waals surface area contributed by atoms with Gasteiger partial charge in [0.25, 0.3) is 0 Å². The highest BCUT2D eigenvalue weighted by molar-refractivity contribution is 5.78. The van der Waals surface area contributed by atoms with E-state index in [1.165, 1.54) is 6.42 Å². The van der Waals surface area contributed by atoms with Crippen molar-refractivity contribution in [1.29, 1.82) is 5.41 Å². The molecule has 1 aliphatic rings. The Labute approximate surface area is 81.2 Å². The van der Waals surface area contributed by atoms with Gasteiger partial charge in [0.2, 0.25) is 0 Å². The molecule has 0 aliphatic carbocycles. The lowest BCUT2D eigenvalue weighted by Gasteiger charge is -2.40. The van der Waals surface area contributed by atoms with Crippen molar-refractivity contribution in [3.63, 3.8) is 0 Å². The fourth-order valence-electron chi connectivity index (χ4n) is 1.86. The van der Waals surface area contributed by atoms with Gasteiger partial charge in [-0.3, -0.25) is 10.3 Å². The molecule has 0 radical (unpaired) electrons. The van der Waals surface area contributed by atoms with Gasteiger partial charge in [0.1, 0.15) is 0 Å². The minimum Gasteiger partial charge on any atom is -0.358 e. The lowest BCUT2D eigenvalue weighted by Crippen LogP contribution is -2.52. The fourth-order valence-corrected chi connectivity index (χ4v) is 1.86. The summed E-state index contributed by atoms with van der Waals surface area (Å²) in [4.78, 5) is 4.62. The van der Waals surface area contributed by atoms with Crippen LogP contribution in [0.5, 0.6) is 0 Å². The van der Waals surface area contributed by atoms with E-state index in [0.717, 1.165) is 31.9 Å². The Morgan fingerprint density at radius 2 is 2.08 bits per heavy atom. The first-order valence-corrected chi connectivity index (χ1v) is 5.21. The number of nitrogens with zero attached hydrogens (tertiary/aromatic N) is 2. The Balaban J connectivity index is 2.49. The Hall–Kier alpha value is -0.570. The lowest BCUT2D eigenvalue weighted by molar-refractivity contribution is 0.136. The molecule has 0 saturated carbocycles. The molecule has 3 nitrogen and oxygen atoms in total. The summed E-state index contributed by atoms with van der Waals surface area (Å²) in [6.07, 6.45) is 2.05. The number of hydrogen-bond acceptors (Lipinski definition) is 2. The number of rotatable bonds is 2. The maximum atomic E-state index is 7.77. The van der Waals surface area contributed by atoms with Crippen LogP contribution in [0.2, 0.25) is 0 Å². The van der Waals surface area contributed by atoms with Crippen molar-refractivity contribution < 1.29 is 0 Å². The van der Waals surface area contributed by atoms with Crippen LogP contribution in [-0.2, 0) is 0 Å². The zero-order valence-corrected chi connectivity index (χ0v) is 9.01. The monoisotopic (exact) mass is 183 g/mol. The number of amidine groups is 1. The fraction of sp³-hybridized carbons (Fsp3) is 0.900. The minimum atomic E-state index is 0.639. The topological polar surface area (TPSA) is 30.3 Å². The first-order chi connectivity index (χ1) is 6.19. The van der Waals surface area contributed by atoms with Crippen molar-refractivity contribution in [3.05, 3.63) is 0 Å². The van der Waals surface area contributed by atoms with Gasteiger partial charge in [0.05, 0.1) is 5.84 Å². The van der Waals surface area contributed by atoms with Crippen LogP contribution in [-0.4, -0.2) is 48.4 Å². The third-order valence-corrected chi connectivity index (χ3v) is 2.96. The van der Waals surface area contributed by atoms with Crippen LogP contribution in [0.1, 0.15) is 26.7 Å². The molecule has 0 amide bonds. The number of nitrogens with one attached hydrogen (secondary N) is 1. The Morgan fingerprint density at radius 3 is 2.62 bits per heavy atom. The summed E-state index contributed by atoms with van der Waals surface area (Å²) in [6.45, 7) is 7.45. The molecule has 1 aliphatic heterocycles. The van der Waals surface area contributed by atoms with Crippen LogP contribution in [0.25, 0.3) is 0 Å². The predicted molar refractivity (Wildman–Crippen MR) is 56.3 cm³/mol. The number of piperazine rings is 1.